The average Bonchev–Trinajstić information content (AvgIpc) is 2.60. The summed E-state index contributed by atoms with van der Waals surface area (Å²) in [4.78, 5) is 0. The van der Waals surface area contributed by atoms with Crippen LogP contribution in [0, 0.1) is 0 Å². The molecule has 0 amide bonds. The third-order valence-corrected chi connectivity index (χ3v) is 2.99. The van der Waals surface area contributed by atoms with E-state index in [2.05, 4.69) is 0 Å². The topological polar surface area (TPSA) is 9.23 Å². The molecule has 0 aliphatic heterocycles. The van der Waals surface area contributed by atoms with Crippen LogP contribution in [-0.2, 0) is 4.74 Å². The Morgan fingerprint density at radius 2 is 1.00 bits per heavy atom. The number of ether oxygens (including phenoxy) is 1. The summed E-state index contributed by atoms with van der Waals surface area (Å²) in [5.74, 6) is 0. The lowest BCUT2D eigenvalue weighted by molar-refractivity contribution is -0.00353. The molecule has 2 aliphatic carbocycles. The van der Waals surface area contributed by atoms with Crippen molar-refractivity contribution in [1.29, 1.82) is 0 Å². The summed E-state index contributed by atoms with van der Waals surface area (Å²) in [6.07, 6.45) is 12.2. The van der Waals surface area contributed by atoms with Crippen molar-refractivity contribution in [3.63, 3.8) is 0 Å². The summed E-state index contributed by atoms with van der Waals surface area (Å²) in [6, 6.07) is 0. The molecular weight excluding hydrogens is 216 g/mol. The molecule has 2 fully saturated rings. The number of hydrogen-bond acceptors (Lipinski definition) is 1. The van der Waals surface area contributed by atoms with Crippen molar-refractivity contribution in [1.82, 2.24) is 0 Å². The van der Waals surface area contributed by atoms with Gasteiger partial charge in [0.05, 0.1) is 12.2 Å². The second kappa shape index (κ2) is 5.23. The van der Waals surface area contributed by atoms with Gasteiger partial charge in [0.25, 0.3) is 0 Å². The van der Waals surface area contributed by atoms with Crippen LogP contribution in [0.15, 0.2) is 0 Å². The van der Waals surface area contributed by atoms with Crippen LogP contribution in [0.5, 0.6) is 0 Å². The molecule has 0 bridgehead atoms. The van der Waals surface area contributed by atoms with Crippen molar-refractivity contribution in [3.05, 3.63) is 0 Å². The van der Waals surface area contributed by atoms with E-state index in [1.807, 2.05) is 0 Å². The fraction of sp³-hybridized carbons (Fsp3) is 1.00. The van der Waals surface area contributed by atoms with E-state index < -0.39 is 0 Å². The molecule has 72 valence electrons. The van der Waals surface area contributed by atoms with E-state index in [4.69, 9.17) is 4.74 Å². The van der Waals surface area contributed by atoms with Gasteiger partial charge in [-0.1, -0.05) is 25.7 Å². The molecule has 0 aromatic heterocycles. The van der Waals surface area contributed by atoms with Crippen LogP contribution in [0.3, 0.4) is 0 Å². The lowest BCUT2D eigenvalue weighted by Gasteiger charge is -2.16. The maximum Gasteiger partial charge on any atom is 0.0578 e. The Morgan fingerprint density at radius 1 is 0.667 bits per heavy atom. The SMILES string of the molecule is Br.C1CCC(OC2CCCC2)C1. The molecule has 2 rings (SSSR count). The van der Waals surface area contributed by atoms with Crippen LogP contribution in [0.4, 0.5) is 0 Å². The highest BCUT2D eigenvalue weighted by atomic mass is 79.9. The van der Waals surface area contributed by atoms with E-state index in [0.717, 1.165) is 0 Å². The summed E-state index contributed by atoms with van der Waals surface area (Å²) in [5.41, 5.74) is 0. The third kappa shape index (κ3) is 2.74. The standard InChI is InChI=1S/C10H18O.BrH/c1-2-6-9(5-1)11-10-7-3-4-8-10;/h9-10H,1-8H2;1H. The van der Waals surface area contributed by atoms with E-state index in [1.165, 1.54) is 51.4 Å². The predicted octanol–water partition coefficient (Wildman–Crippen LogP) is 3.47. The Kier molecular flexibility index (Phi) is 4.59. The average molecular weight is 235 g/mol. The van der Waals surface area contributed by atoms with E-state index >= 15 is 0 Å². The lowest BCUT2D eigenvalue weighted by atomic mass is 10.2. The molecule has 0 heterocycles. The summed E-state index contributed by atoms with van der Waals surface area (Å²) >= 11 is 0. The quantitative estimate of drug-likeness (QED) is 0.712. The first-order valence-electron chi connectivity index (χ1n) is 5.10. The lowest BCUT2D eigenvalue weighted by Crippen LogP contribution is -2.16. The molecule has 0 spiro atoms. The second-order valence-corrected chi connectivity index (χ2v) is 3.95. The zero-order valence-electron chi connectivity index (χ0n) is 7.63. The normalized spacial score (nSPS) is 26.0. The van der Waals surface area contributed by atoms with E-state index in [0.29, 0.717) is 12.2 Å². The summed E-state index contributed by atoms with van der Waals surface area (Å²) < 4.78 is 5.97. The van der Waals surface area contributed by atoms with Crippen molar-refractivity contribution in [2.75, 3.05) is 0 Å². The van der Waals surface area contributed by atoms with Crippen molar-refractivity contribution in [3.8, 4) is 0 Å². The Morgan fingerprint density at radius 3 is 1.33 bits per heavy atom. The van der Waals surface area contributed by atoms with Gasteiger partial charge in [-0.2, -0.15) is 0 Å². The molecule has 0 saturated heterocycles. The minimum Gasteiger partial charge on any atom is -0.375 e. The minimum absolute atomic E-state index is 0. The first kappa shape index (κ1) is 10.5. The van der Waals surface area contributed by atoms with Gasteiger partial charge in [0.1, 0.15) is 0 Å². The van der Waals surface area contributed by atoms with E-state index in [-0.39, 0.29) is 17.0 Å². The Labute approximate surface area is 85.6 Å². The van der Waals surface area contributed by atoms with Crippen molar-refractivity contribution in [2.45, 2.75) is 63.6 Å². The zero-order chi connectivity index (χ0) is 7.52. The molecule has 0 radical (unpaired) electrons. The van der Waals surface area contributed by atoms with Gasteiger partial charge in [-0.3, -0.25) is 0 Å². The minimum atomic E-state index is 0. The Balaban J connectivity index is 0.000000720. The molecule has 0 unspecified atom stereocenters. The van der Waals surface area contributed by atoms with E-state index in [1.54, 1.807) is 0 Å². The zero-order valence-corrected chi connectivity index (χ0v) is 9.34. The van der Waals surface area contributed by atoms with Gasteiger partial charge >= 0.3 is 0 Å². The Hall–Kier alpha value is 0.440. The smallest absolute Gasteiger partial charge is 0.0578 e. The second-order valence-electron chi connectivity index (χ2n) is 3.95. The molecule has 12 heavy (non-hydrogen) atoms. The van der Waals surface area contributed by atoms with Crippen LogP contribution in [0.25, 0.3) is 0 Å². The highest BCUT2D eigenvalue weighted by Crippen LogP contribution is 2.28. The van der Waals surface area contributed by atoms with Crippen LogP contribution >= 0.6 is 17.0 Å². The first-order chi connectivity index (χ1) is 5.45. The molecule has 1 nitrogen and oxygen atoms in total. The summed E-state index contributed by atoms with van der Waals surface area (Å²) in [5, 5.41) is 0. The summed E-state index contributed by atoms with van der Waals surface area (Å²) in [7, 11) is 0. The fourth-order valence-electron chi connectivity index (χ4n) is 2.32. The molecule has 0 N–H and O–H groups in total. The molecule has 0 aromatic carbocycles. The van der Waals surface area contributed by atoms with Crippen LogP contribution in [-0.4, -0.2) is 12.2 Å². The van der Waals surface area contributed by atoms with Gasteiger partial charge in [-0.25, -0.2) is 0 Å². The molecule has 0 aromatic rings. The maximum absolute atomic E-state index is 5.97. The highest BCUT2D eigenvalue weighted by molar-refractivity contribution is 8.93. The van der Waals surface area contributed by atoms with Gasteiger partial charge in [-0.15, -0.1) is 17.0 Å². The molecular formula is C10H19BrO. The highest BCUT2D eigenvalue weighted by Gasteiger charge is 2.22. The van der Waals surface area contributed by atoms with Crippen molar-refractivity contribution in [2.24, 2.45) is 0 Å². The van der Waals surface area contributed by atoms with Crippen LogP contribution < -0.4 is 0 Å². The fourth-order valence-corrected chi connectivity index (χ4v) is 2.32. The number of rotatable bonds is 2. The maximum atomic E-state index is 5.97. The Bertz CT molecular complexity index is 101. The molecule has 2 saturated carbocycles. The van der Waals surface area contributed by atoms with Gasteiger partial charge < -0.3 is 4.74 Å². The third-order valence-electron chi connectivity index (χ3n) is 2.99. The number of hydrogen-bond donors (Lipinski definition) is 0. The van der Waals surface area contributed by atoms with Gasteiger partial charge in [0, 0.05) is 0 Å². The van der Waals surface area contributed by atoms with Gasteiger partial charge in [0.2, 0.25) is 0 Å². The summed E-state index contributed by atoms with van der Waals surface area (Å²) in [6.45, 7) is 0. The monoisotopic (exact) mass is 234 g/mol. The number of halogens is 1. The predicted molar refractivity (Wildman–Crippen MR) is 55.9 cm³/mol. The van der Waals surface area contributed by atoms with Crippen molar-refractivity contribution < 1.29 is 4.74 Å². The molecule has 2 heteroatoms. The van der Waals surface area contributed by atoms with Crippen molar-refractivity contribution >= 4 is 17.0 Å². The molecule has 2 aliphatic rings. The van der Waals surface area contributed by atoms with Crippen LogP contribution in [0.1, 0.15) is 51.4 Å². The van der Waals surface area contributed by atoms with Gasteiger partial charge in [0.15, 0.2) is 0 Å². The first-order valence-corrected chi connectivity index (χ1v) is 5.10. The van der Waals surface area contributed by atoms with Gasteiger partial charge in [-0.05, 0) is 25.7 Å². The largest absolute Gasteiger partial charge is 0.375 e. The van der Waals surface area contributed by atoms with Crippen LogP contribution in [0.2, 0.25) is 0 Å². The van der Waals surface area contributed by atoms with E-state index in [9.17, 15) is 0 Å². The molecule has 0 atom stereocenters.